The summed E-state index contributed by atoms with van der Waals surface area (Å²) in [6, 6.07) is 4.96. The lowest BCUT2D eigenvalue weighted by atomic mass is 10.0. The van der Waals surface area contributed by atoms with Crippen molar-refractivity contribution in [3.8, 4) is 0 Å². The summed E-state index contributed by atoms with van der Waals surface area (Å²) in [5.74, 6) is -0.127. The van der Waals surface area contributed by atoms with E-state index in [-0.39, 0.29) is 11.4 Å². The summed E-state index contributed by atoms with van der Waals surface area (Å²) in [6.07, 6.45) is -2.43. The van der Waals surface area contributed by atoms with Crippen LogP contribution in [0.15, 0.2) is 18.2 Å². The van der Waals surface area contributed by atoms with Gasteiger partial charge in [0.1, 0.15) is 0 Å². The normalized spacial score (nSPS) is 17.6. The largest absolute Gasteiger partial charge is 0.416 e. The van der Waals surface area contributed by atoms with Gasteiger partial charge in [0.25, 0.3) is 0 Å². The van der Waals surface area contributed by atoms with E-state index in [4.69, 9.17) is 11.6 Å². The van der Waals surface area contributed by atoms with E-state index in [0.717, 1.165) is 25.9 Å². The monoisotopic (exact) mass is 320 g/mol. The second kappa shape index (κ2) is 6.44. The topological polar surface area (TPSA) is 6.48 Å². The molecular formula is C15H20ClF3N2. The van der Waals surface area contributed by atoms with Gasteiger partial charge in [-0.2, -0.15) is 13.2 Å². The lowest BCUT2D eigenvalue weighted by Crippen LogP contribution is -2.42. The van der Waals surface area contributed by atoms with Crippen LogP contribution in [0.25, 0.3) is 0 Å². The summed E-state index contributed by atoms with van der Waals surface area (Å²) in [7, 11) is 4.08. The second-order valence-electron chi connectivity index (χ2n) is 5.65. The van der Waals surface area contributed by atoms with Crippen molar-refractivity contribution in [2.75, 3.05) is 32.1 Å². The summed E-state index contributed by atoms with van der Waals surface area (Å²) in [5.41, 5.74) is 0.147. The van der Waals surface area contributed by atoms with E-state index >= 15 is 0 Å². The highest BCUT2D eigenvalue weighted by Gasteiger charge is 2.34. The van der Waals surface area contributed by atoms with Crippen molar-refractivity contribution < 1.29 is 13.2 Å². The summed E-state index contributed by atoms with van der Waals surface area (Å²) < 4.78 is 39.2. The Labute approximate surface area is 128 Å². The fraction of sp³-hybridized carbons (Fsp3) is 0.600. The van der Waals surface area contributed by atoms with E-state index in [2.05, 4.69) is 4.90 Å². The standard InChI is InChI=1S/C15H20ClF3N2/c1-20(2)12-5-7-21(8-6-12)13-4-3-11(10-16)14(9-13)15(17,18)19/h3-4,9,12H,5-8,10H2,1-2H3. The molecule has 1 aromatic carbocycles. The summed E-state index contributed by atoms with van der Waals surface area (Å²) in [6.45, 7) is 1.56. The van der Waals surface area contributed by atoms with Crippen LogP contribution in [0.4, 0.5) is 18.9 Å². The van der Waals surface area contributed by atoms with Crippen molar-refractivity contribution in [2.24, 2.45) is 0 Å². The lowest BCUT2D eigenvalue weighted by Gasteiger charge is -2.36. The zero-order valence-electron chi connectivity index (χ0n) is 12.3. The van der Waals surface area contributed by atoms with Gasteiger partial charge in [-0.05, 0) is 44.6 Å². The molecule has 1 heterocycles. The molecule has 0 N–H and O–H groups in total. The molecule has 0 bridgehead atoms. The van der Waals surface area contributed by atoms with Gasteiger partial charge in [-0.15, -0.1) is 11.6 Å². The molecule has 1 aliphatic rings. The highest BCUT2D eigenvalue weighted by molar-refractivity contribution is 6.17. The Morgan fingerprint density at radius 1 is 1.24 bits per heavy atom. The number of halogens is 4. The second-order valence-corrected chi connectivity index (χ2v) is 5.92. The van der Waals surface area contributed by atoms with Gasteiger partial charge in [0.2, 0.25) is 0 Å². The molecule has 0 amide bonds. The van der Waals surface area contributed by atoms with Crippen molar-refractivity contribution in [1.82, 2.24) is 4.90 Å². The van der Waals surface area contributed by atoms with E-state index in [9.17, 15) is 13.2 Å². The molecule has 118 valence electrons. The van der Waals surface area contributed by atoms with E-state index < -0.39 is 11.7 Å². The van der Waals surface area contributed by atoms with E-state index in [0.29, 0.717) is 11.7 Å². The fourth-order valence-corrected chi connectivity index (χ4v) is 3.02. The summed E-state index contributed by atoms with van der Waals surface area (Å²) in [5, 5.41) is 0. The highest BCUT2D eigenvalue weighted by Crippen LogP contribution is 2.36. The van der Waals surface area contributed by atoms with Gasteiger partial charge < -0.3 is 9.80 Å². The molecule has 0 saturated carbocycles. The van der Waals surface area contributed by atoms with Crippen LogP contribution < -0.4 is 4.90 Å². The Kier molecular flexibility index (Phi) is 5.04. The van der Waals surface area contributed by atoms with E-state index in [1.165, 1.54) is 12.1 Å². The maximum absolute atomic E-state index is 13.1. The first-order chi connectivity index (χ1) is 9.82. The van der Waals surface area contributed by atoms with Crippen LogP contribution >= 0.6 is 11.6 Å². The number of nitrogens with zero attached hydrogens (tertiary/aromatic N) is 2. The van der Waals surface area contributed by atoms with Crippen molar-refractivity contribution >= 4 is 17.3 Å². The number of hydrogen-bond acceptors (Lipinski definition) is 2. The Bertz CT molecular complexity index is 480. The third kappa shape index (κ3) is 3.83. The molecule has 0 aliphatic carbocycles. The molecule has 2 nitrogen and oxygen atoms in total. The average Bonchev–Trinajstić information content (AvgIpc) is 2.45. The van der Waals surface area contributed by atoms with Crippen LogP contribution in [0.2, 0.25) is 0 Å². The maximum atomic E-state index is 13.1. The minimum Gasteiger partial charge on any atom is -0.371 e. The highest BCUT2D eigenvalue weighted by atomic mass is 35.5. The van der Waals surface area contributed by atoms with Gasteiger partial charge in [-0.1, -0.05) is 6.07 Å². The minimum atomic E-state index is -4.36. The third-order valence-corrected chi connectivity index (χ3v) is 4.39. The molecule has 1 aliphatic heterocycles. The first-order valence-corrected chi connectivity index (χ1v) is 7.54. The SMILES string of the molecule is CN(C)C1CCN(c2ccc(CCl)c(C(F)(F)F)c2)CC1. The molecule has 0 unspecified atom stereocenters. The predicted octanol–water partition coefficient (Wildman–Crippen LogP) is 3.97. The van der Waals surface area contributed by atoms with Crippen LogP contribution in [0.3, 0.4) is 0 Å². The molecular weight excluding hydrogens is 301 g/mol. The molecule has 6 heteroatoms. The average molecular weight is 321 g/mol. The number of rotatable bonds is 3. The molecule has 21 heavy (non-hydrogen) atoms. The van der Waals surface area contributed by atoms with Gasteiger partial charge in [0.15, 0.2) is 0 Å². The van der Waals surface area contributed by atoms with Gasteiger partial charge >= 0.3 is 6.18 Å². The van der Waals surface area contributed by atoms with E-state index in [1.807, 2.05) is 19.0 Å². The molecule has 2 rings (SSSR count). The first-order valence-electron chi connectivity index (χ1n) is 7.00. The van der Waals surface area contributed by atoms with Crippen molar-refractivity contribution in [3.63, 3.8) is 0 Å². The molecule has 1 saturated heterocycles. The maximum Gasteiger partial charge on any atom is 0.416 e. The van der Waals surface area contributed by atoms with Crippen LogP contribution in [0, 0.1) is 0 Å². The Morgan fingerprint density at radius 3 is 2.33 bits per heavy atom. The molecule has 0 atom stereocenters. The molecule has 0 spiro atoms. The predicted molar refractivity (Wildman–Crippen MR) is 79.9 cm³/mol. The number of piperidine rings is 1. The number of hydrogen-bond donors (Lipinski definition) is 0. The molecule has 0 radical (unpaired) electrons. The van der Waals surface area contributed by atoms with Crippen LogP contribution in [-0.4, -0.2) is 38.1 Å². The quantitative estimate of drug-likeness (QED) is 0.777. The van der Waals surface area contributed by atoms with Crippen molar-refractivity contribution in [1.29, 1.82) is 0 Å². The van der Waals surface area contributed by atoms with Gasteiger partial charge in [-0.3, -0.25) is 0 Å². The van der Waals surface area contributed by atoms with Gasteiger partial charge in [0, 0.05) is 30.7 Å². The zero-order chi connectivity index (χ0) is 15.6. The number of anilines is 1. The smallest absolute Gasteiger partial charge is 0.371 e. The van der Waals surface area contributed by atoms with Crippen LogP contribution in [0.5, 0.6) is 0 Å². The van der Waals surface area contributed by atoms with Crippen molar-refractivity contribution in [3.05, 3.63) is 29.3 Å². The zero-order valence-corrected chi connectivity index (χ0v) is 13.0. The fourth-order valence-electron chi connectivity index (χ4n) is 2.78. The van der Waals surface area contributed by atoms with E-state index in [1.54, 1.807) is 6.07 Å². The Balaban J connectivity index is 2.18. The lowest BCUT2D eigenvalue weighted by molar-refractivity contribution is -0.138. The molecule has 1 aromatic rings. The first kappa shape index (κ1) is 16.4. The number of alkyl halides is 4. The molecule has 0 aromatic heterocycles. The Morgan fingerprint density at radius 2 is 1.86 bits per heavy atom. The van der Waals surface area contributed by atoms with Crippen LogP contribution in [-0.2, 0) is 12.1 Å². The van der Waals surface area contributed by atoms with Gasteiger partial charge in [0.05, 0.1) is 5.56 Å². The van der Waals surface area contributed by atoms with Crippen LogP contribution in [0.1, 0.15) is 24.0 Å². The van der Waals surface area contributed by atoms with Crippen molar-refractivity contribution in [2.45, 2.75) is 30.9 Å². The Hall–Kier alpha value is -0.940. The summed E-state index contributed by atoms with van der Waals surface area (Å²) in [4.78, 5) is 4.20. The summed E-state index contributed by atoms with van der Waals surface area (Å²) >= 11 is 5.61. The minimum absolute atomic E-state index is 0.127. The van der Waals surface area contributed by atoms with Gasteiger partial charge in [-0.25, -0.2) is 0 Å². The molecule has 1 fully saturated rings. The third-order valence-electron chi connectivity index (χ3n) is 4.10. The number of benzene rings is 1.